The van der Waals surface area contributed by atoms with Crippen LogP contribution in [0.1, 0.15) is 21.9 Å². The van der Waals surface area contributed by atoms with Crippen LogP contribution in [0.4, 0.5) is 0 Å². The molecule has 6 heteroatoms. The summed E-state index contributed by atoms with van der Waals surface area (Å²) in [6, 6.07) is 1.39. The summed E-state index contributed by atoms with van der Waals surface area (Å²) in [5.74, 6) is 0.226. The second-order valence-electron chi connectivity index (χ2n) is 3.61. The van der Waals surface area contributed by atoms with Crippen LogP contribution in [-0.4, -0.2) is 20.9 Å². The van der Waals surface area contributed by atoms with Crippen molar-refractivity contribution in [3.8, 4) is 0 Å². The van der Waals surface area contributed by atoms with E-state index in [9.17, 15) is 9.59 Å². The largest absolute Gasteiger partial charge is 0.364 e. The van der Waals surface area contributed by atoms with Crippen molar-refractivity contribution in [1.29, 1.82) is 0 Å². The standard InChI is InChI=1S/C11H12N4O2/c1-7-4-9(16)8(5-14-7)11(17)15-6-10-12-2-3-13-10/h2-5H,6H2,1H3,(H,12,13)(H,14,16)(H,15,17). The molecule has 3 N–H and O–H groups in total. The molecule has 0 spiro atoms. The third-order valence-electron chi connectivity index (χ3n) is 2.27. The molecule has 6 nitrogen and oxygen atoms in total. The van der Waals surface area contributed by atoms with Gasteiger partial charge in [0.25, 0.3) is 5.91 Å². The van der Waals surface area contributed by atoms with Gasteiger partial charge >= 0.3 is 0 Å². The van der Waals surface area contributed by atoms with E-state index in [-0.39, 0.29) is 17.5 Å². The molecule has 0 aliphatic heterocycles. The highest BCUT2D eigenvalue weighted by Crippen LogP contribution is 1.93. The smallest absolute Gasteiger partial charge is 0.257 e. The van der Waals surface area contributed by atoms with Gasteiger partial charge in [-0.15, -0.1) is 0 Å². The predicted octanol–water partition coefficient (Wildman–Crippen LogP) is 0.336. The fourth-order valence-corrected chi connectivity index (χ4v) is 1.40. The Kier molecular flexibility index (Phi) is 3.04. The Labute approximate surface area is 97.1 Å². The van der Waals surface area contributed by atoms with Crippen LogP contribution in [0.25, 0.3) is 0 Å². The van der Waals surface area contributed by atoms with Crippen LogP contribution >= 0.6 is 0 Å². The van der Waals surface area contributed by atoms with E-state index in [4.69, 9.17) is 0 Å². The third-order valence-corrected chi connectivity index (χ3v) is 2.27. The number of nitrogens with one attached hydrogen (secondary N) is 3. The number of aromatic nitrogens is 3. The average molecular weight is 232 g/mol. The van der Waals surface area contributed by atoms with E-state index >= 15 is 0 Å². The van der Waals surface area contributed by atoms with Crippen LogP contribution < -0.4 is 10.7 Å². The Bertz CT molecular complexity index is 571. The second-order valence-corrected chi connectivity index (χ2v) is 3.61. The van der Waals surface area contributed by atoms with Crippen LogP contribution in [-0.2, 0) is 6.54 Å². The molecule has 88 valence electrons. The van der Waals surface area contributed by atoms with E-state index in [0.29, 0.717) is 5.82 Å². The fourth-order valence-electron chi connectivity index (χ4n) is 1.40. The monoisotopic (exact) mass is 232 g/mol. The van der Waals surface area contributed by atoms with Gasteiger partial charge in [0.1, 0.15) is 11.4 Å². The lowest BCUT2D eigenvalue weighted by Crippen LogP contribution is -2.28. The zero-order valence-electron chi connectivity index (χ0n) is 9.28. The molecule has 0 saturated carbocycles. The Morgan fingerprint density at radius 1 is 1.47 bits per heavy atom. The maximum absolute atomic E-state index is 11.7. The number of amides is 1. The number of carbonyl (C=O) groups is 1. The second kappa shape index (κ2) is 4.65. The maximum Gasteiger partial charge on any atom is 0.257 e. The van der Waals surface area contributed by atoms with E-state index in [1.807, 2.05) is 0 Å². The summed E-state index contributed by atoms with van der Waals surface area (Å²) in [6.07, 6.45) is 4.68. The SMILES string of the molecule is Cc1cc(=O)c(C(=O)NCc2ncc[nH]2)c[nH]1. The summed E-state index contributed by atoms with van der Waals surface area (Å²) in [5.41, 5.74) is 0.526. The number of nitrogens with zero attached hydrogens (tertiary/aromatic N) is 1. The number of pyridine rings is 1. The summed E-state index contributed by atoms with van der Waals surface area (Å²) in [4.78, 5) is 32.9. The van der Waals surface area contributed by atoms with Crippen molar-refractivity contribution in [2.45, 2.75) is 13.5 Å². The van der Waals surface area contributed by atoms with E-state index < -0.39 is 5.91 Å². The molecular weight excluding hydrogens is 220 g/mol. The molecule has 17 heavy (non-hydrogen) atoms. The Morgan fingerprint density at radius 2 is 2.29 bits per heavy atom. The van der Waals surface area contributed by atoms with Gasteiger partial charge in [-0.05, 0) is 6.92 Å². The van der Waals surface area contributed by atoms with Gasteiger partial charge in [0, 0.05) is 30.4 Å². The molecule has 0 unspecified atom stereocenters. The minimum atomic E-state index is -0.414. The molecule has 0 aromatic carbocycles. The molecule has 2 aromatic rings. The van der Waals surface area contributed by atoms with Crippen LogP contribution in [0, 0.1) is 6.92 Å². The molecule has 0 aliphatic carbocycles. The average Bonchev–Trinajstić information content (AvgIpc) is 2.78. The summed E-state index contributed by atoms with van der Waals surface area (Å²) in [7, 11) is 0. The number of hydrogen-bond donors (Lipinski definition) is 3. The van der Waals surface area contributed by atoms with Gasteiger partial charge in [-0.1, -0.05) is 0 Å². The molecule has 1 amide bonds. The first kappa shape index (κ1) is 11.1. The number of hydrogen-bond acceptors (Lipinski definition) is 3. The van der Waals surface area contributed by atoms with Crippen molar-refractivity contribution in [1.82, 2.24) is 20.3 Å². The van der Waals surface area contributed by atoms with E-state index in [2.05, 4.69) is 20.3 Å². The van der Waals surface area contributed by atoms with Crippen molar-refractivity contribution >= 4 is 5.91 Å². The predicted molar refractivity (Wildman–Crippen MR) is 61.6 cm³/mol. The number of aryl methyl sites for hydroxylation is 1. The lowest BCUT2D eigenvalue weighted by Gasteiger charge is -2.02. The summed E-state index contributed by atoms with van der Waals surface area (Å²) in [6.45, 7) is 2.02. The van der Waals surface area contributed by atoms with Gasteiger partial charge in [-0.3, -0.25) is 9.59 Å². The number of H-pyrrole nitrogens is 2. The first-order valence-electron chi connectivity index (χ1n) is 5.12. The topological polar surface area (TPSA) is 90.6 Å². The summed E-state index contributed by atoms with van der Waals surface area (Å²) >= 11 is 0. The van der Waals surface area contributed by atoms with Crippen molar-refractivity contribution in [2.24, 2.45) is 0 Å². The van der Waals surface area contributed by atoms with Gasteiger partial charge in [-0.2, -0.15) is 0 Å². The van der Waals surface area contributed by atoms with Crippen LogP contribution in [0.5, 0.6) is 0 Å². The molecule has 0 saturated heterocycles. The Hall–Kier alpha value is -2.37. The minimum Gasteiger partial charge on any atom is -0.364 e. The molecular formula is C11H12N4O2. The summed E-state index contributed by atoms with van der Waals surface area (Å²) in [5, 5.41) is 2.61. The van der Waals surface area contributed by atoms with E-state index in [0.717, 1.165) is 5.69 Å². The number of imidazole rings is 1. The molecule has 2 heterocycles. The molecule has 0 radical (unpaired) electrons. The van der Waals surface area contributed by atoms with Crippen LogP contribution in [0.2, 0.25) is 0 Å². The first-order chi connectivity index (χ1) is 8.16. The van der Waals surface area contributed by atoms with Gasteiger partial charge < -0.3 is 15.3 Å². The van der Waals surface area contributed by atoms with E-state index in [1.165, 1.54) is 12.3 Å². The number of rotatable bonds is 3. The Morgan fingerprint density at radius 3 is 2.94 bits per heavy atom. The highest BCUT2D eigenvalue weighted by atomic mass is 16.2. The zero-order chi connectivity index (χ0) is 12.3. The summed E-state index contributed by atoms with van der Waals surface area (Å²) < 4.78 is 0. The van der Waals surface area contributed by atoms with Gasteiger partial charge in [0.05, 0.1) is 6.54 Å². The molecule has 0 fully saturated rings. The van der Waals surface area contributed by atoms with Crippen LogP contribution in [0.15, 0.2) is 29.5 Å². The molecule has 0 bridgehead atoms. The fraction of sp³-hybridized carbons (Fsp3) is 0.182. The normalized spacial score (nSPS) is 10.2. The lowest BCUT2D eigenvalue weighted by atomic mass is 10.2. The zero-order valence-corrected chi connectivity index (χ0v) is 9.28. The number of aromatic amines is 2. The molecule has 0 atom stereocenters. The van der Waals surface area contributed by atoms with Crippen molar-refractivity contribution in [3.05, 3.63) is 52.0 Å². The van der Waals surface area contributed by atoms with Crippen molar-refractivity contribution in [2.75, 3.05) is 0 Å². The highest BCUT2D eigenvalue weighted by Gasteiger charge is 2.09. The van der Waals surface area contributed by atoms with Crippen LogP contribution in [0.3, 0.4) is 0 Å². The third kappa shape index (κ3) is 2.60. The van der Waals surface area contributed by atoms with Crippen molar-refractivity contribution < 1.29 is 4.79 Å². The van der Waals surface area contributed by atoms with Crippen molar-refractivity contribution in [3.63, 3.8) is 0 Å². The van der Waals surface area contributed by atoms with Gasteiger partial charge in [0.15, 0.2) is 5.43 Å². The van der Waals surface area contributed by atoms with Gasteiger partial charge in [-0.25, -0.2) is 4.98 Å². The van der Waals surface area contributed by atoms with E-state index in [1.54, 1.807) is 19.3 Å². The number of carbonyl (C=O) groups excluding carboxylic acids is 1. The van der Waals surface area contributed by atoms with Gasteiger partial charge in [0.2, 0.25) is 0 Å². The lowest BCUT2D eigenvalue weighted by molar-refractivity contribution is 0.0948. The molecule has 0 aliphatic rings. The quantitative estimate of drug-likeness (QED) is 0.712. The first-order valence-corrected chi connectivity index (χ1v) is 5.12. The molecule has 2 aromatic heterocycles. The maximum atomic E-state index is 11.7. The highest BCUT2D eigenvalue weighted by molar-refractivity contribution is 5.93. The Balaban J connectivity index is 2.07. The minimum absolute atomic E-state index is 0.0992. The molecule has 2 rings (SSSR count).